The lowest BCUT2D eigenvalue weighted by atomic mass is 9.83. The largest absolute Gasteiger partial charge is 0.478 e. The molecule has 184 valence electrons. The zero-order valence-corrected chi connectivity index (χ0v) is 19.2. The molecular weight excluding hydrogens is 492 g/mol. The maximum absolute atomic E-state index is 13.4. The molecule has 1 unspecified atom stereocenters. The molecule has 35 heavy (non-hydrogen) atoms. The third-order valence-electron chi connectivity index (χ3n) is 5.40. The molecule has 0 fully saturated rings. The first-order valence-electron chi connectivity index (χ1n) is 10.2. The minimum absolute atomic E-state index is 0.108. The highest BCUT2D eigenvalue weighted by atomic mass is 35.5. The van der Waals surface area contributed by atoms with Crippen LogP contribution in [-0.4, -0.2) is 44.5 Å². The van der Waals surface area contributed by atoms with Gasteiger partial charge in [-0.25, -0.2) is 14.4 Å². The van der Waals surface area contributed by atoms with Crippen LogP contribution in [0, 0.1) is 0 Å². The quantitative estimate of drug-likeness (QED) is 0.362. The molecule has 0 aliphatic rings. The topological polar surface area (TPSA) is 82.3 Å². The van der Waals surface area contributed by atoms with E-state index in [0.29, 0.717) is 16.8 Å². The molecule has 0 bridgehead atoms. The van der Waals surface area contributed by atoms with Gasteiger partial charge in [0.2, 0.25) is 5.75 Å². The highest BCUT2D eigenvalue weighted by molar-refractivity contribution is 6.37. The number of benzene rings is 1. The molecule has 0 aliphatic carbocycles. The van der Waals surface area contributed by atoms with Crippen molar-refractivity contribution in [2.75, 3.05) is 13.7 Å². The van der Waals surface area contributed by atoms with Crippen LogP contribution in [0.15, 0.2) is 49.1 Å². The number of pyridine rings is 2. The van der Waals surface area contributed by atoms with Gasteiger partial charge in [-0.2, -0.15) is 13.2 Å². The number of hydrogen-bond donors (Lipinski definition) is 1. The van der Waals surface area contributed by atoms with Crippen molar-refractivity contribution in [2.45, 2.75) is 18.5 Å². The fourth-order valence-electron chi connectivity index (χ4n) is 3.77. The Morgan fingerprint density at radius 2 is 1.89 bits per heavy atom. The van der Waals surface area contributed by atoms with Crippen LogP contribution in [0.2, 0.25) is 5.02 Å². The first kappa shape index (κ1) is 24.7. The fourth-order valence-corrected chi connectivity index (χ4v) is 4.06. The summed E-state index contributed by atoms with van der Waals surface area (Å²) in [5, 5.41) is 12.1. The molecule has 4 rings (SSSR count). The monoisotopic (exact) mass is 510 g/mol. The lowest BCUT2D eigenvalue weighted by Gasteiger charge is -2.30. The van der Waals surface area contributed by atoms with Crippen LogP contribution in [0.5, 0.6) is 11.6 Å². The normalized spacial score (nSPS) is 13.6. The SMILES string of the molecule is COc1nc2ccc(C(O)(c3ccnc(CF)c3)c3cncn3C)cc2c(Cl)c1OCC(F)(F)F. The number of imidazole rings is 1. The summed E-state index contributed by atoms with van der Waals surface area (Å²) in [6.45, 7) is -2.44. The number of aromatic nitrogens is 4. The molecule has 0 amide bonds. The minimum atomic E-state index is -4.61. The van der Waals surface area contributed by atoms with Crippen molar-refractivity contribution in [3.63, 3.8) is 0 Å². The van der Waals surface area contributed by atoms with E-state index in [0.717, 1.165) is 0 Å². The van der Waals surface area contributed by atoms with Gasteiger partial charge in [-0.15, -0.1) is 0 Å². The Hall–Kier alpha value is -3.44. The van der Waals surface area contributed by atoms with E-state index in [1.165, 1.54) is 50.1 Å². The maximum Gasteiger partial charge on any atom is 0.422 e. The smallest absolute Gasteiger partial charge is 0.422 e. The van der Waals surface area contributed by atoms with E-state index < -0.39 is 25.1 Å². The summed E-state index contributed by atoms with van der Waals surface area (Å²) < 4.78 is 63.3. The van der Waals surface area contributed by atoms with Crippen molar-refractivity contribution in [1.29, 1.82) is 0 Å². The molecule has 0 saturated carbocycles. The number of aliphatic hydroxyl groups is 1. The van der Waals surface area contributed by atoms with Gasteiger partial charge < -0.3 is 19.1 Å². The Balaban J connectivity index is 1.94. The molecule has 1 atom stereocenters. The Morgan fingerprint density at radius 3 is 2.51 bits per heavy atom. The van der Waals surface area contributed by atoms with Crippen LogP contribution in [0.1, 0.15) is 22.5 Å². The summed E-state index contributed by atoms with van der Waals surface area (Å²) in [6.07, 6.45) is -0.303. The van der Waals surface area contributed by atoms with E-state index in [1.54, 1.807) is 17.7 Å². The fraction of sp³-hybridized carbons (Fsp3) is 0.261. The van der Waals surface area contributed by atoms with Crippen LogP contribution in [0.3, 0.4) is 0 Å². The van der Waals surface area contributed by atoms with Crippen LogP contribution >= 0.6 is 11.6 Å². The summed E-state index contributed by atoms with van der Waals surface area (Å²) in [6, 6.07) is 7.53. The van der Waals surface area contributed by atoms with E-state index in [9.17, 15) is 22.7 Å². The van der Waals surface area contributed by atoms with Gasteiger partial charge in [0.05, 0.1) is 41.6 Å². The molecule has 3 heterocycles. The number of fused-ring (bicyclic) bond motifs is 1. The number of alkyl halides is 4. The number of ether oxygens (including phenoxy) is 2. The van der Waals surface area contributed by atoms with Crippen molar-refractivity contribution in [3.05, 3.63) is 76.6 Å². The van der Waals surface area contributed by atoms with Gasteiger partial charge in [0.15, 0.2) is 12.2 Å². The second-order valence-corrected chi connectivity index (χ2v) is 8.05. The van der Waals surface area contributed by atoms with Crippen molar-refractivity contribution in [3.8, 4) is 11.6 Å². The zero-order chi connectivity index (χ0) is 25.4. The van der Waals surface area contributed by atoms with Crippen LogP contribution in [-0.2, 0) is 19.3 Å². The van der Waals surface area contributed by atoms with Gasteiger partial charge in [0.1, 0.15) is 6.67 Å². The van der Waals surface area contributed by atoms with Gasteiger partial charge in [0, 0.05) is 18.6 Å². The summed E-state index contributed by atoms with van der Waals surface area (Å²) in [4.78, 5) is 12.2. The zero-order valence-electron chi connectivity index (χ0n) is 18.5. The van der Waals surface area contributed by atoms with Crippen molar-refractivity contribution in [2.24, 2.45) is 7.05 Å². The predicted molar refractivity (Wildman–Crippen MR) is 119 cm³/mol. The summed E-state index contributed by atoms with van der Waals surface area (Å²) in [7, 11) is 2.90. The molecule has 4 aromatic rings. The van der Waals surface area contributed by atoms with Crippen LogP contribution < -0.4 is 9.47 Å². The summed E-state index contributed by atoms with van der Waals surface area (Å²) in [5.74, 6) is -0.605. The van der Waals surface area contributed by atoms with Gasteiger partial charge in [-0.1, -0.05) is 17.7 Å². The number of methoxy groups -OCH3 is 1. The molecule has 1 N–H and O–H groups in total. The first-order valence-corrected chi connectivity index (χ1v) is 10.5. The van der Waals surface area contributed by atoms with Crippen LogP contribution in [0.4, 0.5) is 17.6 Å². The molecule has 3 aromatic heterocycles. The minimum Gasteiger partial charge on any atom is -0.478 e. The van der Waals surface area contributed by atoms with E-state index in [1.807, 2.05) is 0 Å². The van der Waals surface area contributed by atoms with Gasteiger partial charge >= 0.3 is 6.18 Å². The van der Waals surface area contributed by atoms with Crippen molar-refractivity contribution < 1.29 is 32.1 Å². The summed E-state index contributed by atoms with van der Waals surface area (Å²) in [5.41, 5.74) is -0.520. The number of halogens is 5. The van der Waals surface area contributed by atoms with Crippen molar-refractivity contribution in [1.82, 2.24) is 19.5 Å². The number of aryl methyl sites for hydroxylation is 1. The van der Waals surface area contributed by atoms with E-state index >= 15 is 0 Å². The number of rotatable bonds is 7. The predicted octanol–water partition coefficient (Wildman–Crippen LogP) is 4.72. The van der Waals surface area contributed by atoms with Crippen LogP contribution in [0.25, 0.3) is 10.9 Å². The molecule has 0 saturated heterocycles. The molecule has 0 aliphatic heterocycles. The lowest BCUT2D eigenvalue weighted by molar-refractivity contribution is -0.153. The molecule has 0 spiro atoms. The Labute approximate surface area is 201 Å². The van der Waals surface area contributed by atoms with Crippen molar-refractivity contribution >= 4 is 22.5 Å². The highest BCUT2D eigenvalue weighted by Gasteiger charge is 2.37. The number of hydrogen-bond acceptors (Lipinski definition) is 6. The molecule has 7 nitrogen and oxygen atoms in total. The number of nitrogens with zero attached hydrogens (tertiary/aromatic N) is 4. The standard InChI is InChI=1S/C23H19ClF4N4O3/c1-32-12-29-10-18(32)23(33,14-5-6-30-15(7-14)9-25)13-3-4-17-16(8-13)19(24)20(21(31-17)34-2)35-11-22(26,27)28/h3-8,10,12,33H,9,11H2,1-2H3. The second kappa shape index (κ2) is 9.31. The second-order valence-electron chi connectivity index (χ2n) is 7.67. The van der Waals surface area contributed by atoms with E-state index in [4.69, 9.17) is 21.1 Å². The van der Waals surface area contributed by atoms with Gasteiger partial charge in [-0.3, -0.25) is 4.98 Å². The average Bonchev–Trinajstić information content (AvgIpc) is 3.28. The maximum atomic E-state index is 13.4. The van der Waals surface area contributed by atoms with E-state index in [-0.39, 0.29) is 33.3 Å². The highest BCUT2D eigenvalue weighted by Crippen LogP contribution is 2.43. The summed E-state index contributed by atoms with van der Waals surface area (Å²) >= 11 is 6.46. The third kappa shape index (κ3) is 4.61. The van der Waals surface area contributed by atoms with E-state index in [2.05, 4.69) is 15.0 Å². The Morgan fingerprint density at radius 1 is 1.14 bits per heavy atom. The van der Waals surface area contributed by atoms with Gasteiger partial charge in [-0.05, 0) is 35.4 Å². The molecule has 0 radical (unpaired) electrons. The Bertz CT molecular complexity index is 1380. The molecule has 1 aromatic carbocycles. The molecular formula is C23H19ClF4N4O3. The molecule has 12 heteroatoms. The lowest BCUT2D eigenvalue weighted by Crippen LogP contribution is -2.31. The first-order chi connectivity index (χ1) is 16.6. The van der Waals surface area contributed by atoms with Gasteiger partial charge in [0.25, 0.3) is 5.88 Å². The average molecular weight is 511 g/mol. The Kier molecular flexibility index (Phi) is 6.56. The third-order valence-corrected chi connectivity index (χ3v) is 5.77.